The quantitative estimate of drug-likeness (QED) is 0.527. The number of esters is 1. The van der Waals surface area contributed by atoms with Crippen LogP contribution in [0.3, 0.4) is 0 Å². The molecule has 7 heteroatoms. The molecule has 7 atom stereocenters. The number of carbonyl (C=O) groups is 2. The van der Waals surface area contributed by atoms with Crippen LogP contribution in [-0.2, 0) is 23.8 Å². The van der Waals surface area contributed by atoms with E-state index in [0.29, 0.717) is 18.6 Å². The molecular formula is C17H22O7. The van der Waals surface area contributed by atoms with Gasteiger partial charge in [-0.3, -0.25) is 9.59 Å². The highest BCUT2D eigenvalue weighted by Gasteiger charge is 2.83. The number of epoxide rings is 1. The summed E-state index contributed by atoms with van der Waals surface area (Å²) in [5.74, 6) is -0.900. The predicted octanol–water partition coefficient (Wildman–Crippen LogP) is -0.267. The van der Waals surface area contributed by atoms with Gasteiger partial charge in [-0.05, 0) is 25.0 Å². The van der Waals surface area contributed by atoms with Crippen molar-refractivity contribution >= 4 is 11.8 Å². The van der Waals surface area contributed by atoms with Gasteiger partial charge in [0.05, 0.1) is 24.2 Å². The van der Waals surface area contributed by atoms with Crippen LogP contribution in [0.5, 0.6) is 0 Å². The highest BCUT2D eigenvalue weighted by molar-refractivity contribution is 6.00. The summed E-state index contributed by atoms with van der Waals surface area (Å²) in [6.45, 7) is 5.04. The van der Waals surface area contributed by atoms with Gasteiger partial charge in [0.2, 0.25) is 0 Å². The Morgan fingerprint density at radius 1 is 1.46 bits per heavy atom. The number of Topliss-reactive ketones (excluding diaryl/α,β-unsaturated/α-hetero) is 1. The van der Waals surface area contributed by atoms with Crippen molar-refractivity contribution in [2.24, 2.45) is 10.8 Å². The van der Waals surface area contributed by atoms with E-state index < -0.39 is 52.6 Å². The molecule has 1 unspecified atom stereocenters. The molecule has 0 amide bonds. The number of hydrogen-bond acceptors (Lipinski definition) is 7. The van der Waals surface area contributed by atoms with E-state index in [1.165, 1.54) is 6.92 Å². The fourth-order valence-electron chi connectivity index (χ4n) is 5.21. The van der Waals surface area contributed by atoms with Gasteiger partial charge in [-0.2, -0.15) is 0 Å². The summed E-state index contributed by atoms with van der Waals surface area (Å²) in [7, 11) is 0. The SMILES string of the molecule is CC(=O)OC[C@]12[C@H](C=C(C)C(=O)[C@@H]1O)O[C@H]1[C@H](O)C[C@]2(C)C12CO2. The maximum Gasteiger partial charge on any atom is 0.302 e. The molecule has 2 bridgehead atoms. The topological polar surface area (TPSA) is 106 Å². The number of ether oxygens (including phenoxy) is 3. The Bertz CT molecular complexity index is 651. The van der Waals surface area contributed by atoms with Crippen LogP contribution in [0, 0.1) is 10.8 Å². The molecule has 7 nitrogen and oxygen atoms in total. The van der Waals surface area contributed by atoms with Crippen LogP contribution >= 0.6 is 0 Å². The molecule has 2 aliphatic heterocycles. The second kappa shape index (κ2) is 4.66. The van der Waals surface area contributed by atoms with E-state index in [9.17, 15) is 19.8 Å². The fraction of sp³-hybridized carbons (Fsp3) is 0.765. The molecule has 3 fully saturated rings. The molecule has 1 spiro atoms. The number of carbonyl (C=O) groups excluding carboxylic acids is 2. The summed E-state index contributed by atoms with van der Waals surface area (Å²) in [5.41, 5.74) is -2.27. The maximum absolute atomic E-state index is 12.5. The zero-order valence-corrected chi connectivity index (χ0v) is 13.9. The van der Waals surface area contributed by atoms with Crippen LogP contribution in [0.15, 0.2) is 11.6 Å². The molecule has 132 valence electrons. The number of aliphatic hydroxyl groups excluding tert-OH is 2. The van der Waals surface area contributed by atoms with Gasteiger partial charge in [-0.25, -0.2) is 0 Å². The number of ketones is 1. The van der Waals surface area contributed by atoms with E-state index >= 15 is 0 Å². The number of rotatable bonds is 2. The molecule has 2 N–H and O–H groups in total. The predicted molar refractivity (Wildman–Crippen MR) is 79.9 cm³/mol. The summed E-state index contributed by atoms with van der Waals surface area (Å²) in [6, 6.07) is 0. The smallest absolute Gasteiger partial charge is 0.302 e. The molecule has 4 rings (SSSR count). The number of aliphatic hydroxyl groups is 2. The van der Waals surface area contributed by atoms with Gasteiger partial charge in [0, 0.05) is 12.3 Å². The van der Waals surface area contributed by atoms with Crippen molar-refractivity contribution in [1.82, 2.24) is 0 Å². The van der Waals surface area contributed by atoms with Gasteiger partial charge in [0.15, 0.2) is 5.78 Å². The highest BCUT2D eigenvalue weighted by Crippen LogP contribution is 2.71. The average molecular weight is 338 g/mol. The van der Waals surface area contributed by atoms with E-state index in [1.807, 2.05) is 6.92 Å². The normalized spacial score (nSPS) is 52.0. The summed E-state index contributed by atoms with van der Waals surface area (Å²) >= 11 is 0. The Morgan fingerprint density at radius 3 is 2.71 bits per heavy atom. The minimum absolute atomic E-state index is 0.162. The van der Waals surface area contributed by atoms with Gasteiger partial charge in [0.25, 0.3) is 0 Å². The third kappa shape index (κ3) is 1.61. The standard InChI is InChI=1S/C17H22O7/c1-8-4-11-16(6-22-9(2)18,13(21)12(8)20)15(3)5-10(19)14(24-11)17(15)7-23-17/h4,10-11,13-14,19,21H,5-7H2,1-3H3/t10-,11+,13+,14+,15+,16+,17?/m1/s1. The molecule has 2 saturated heterocycles. The van der Waals surface area contributed by atoms with Crippen LogP contribution in [0.2, 0.25) is 0 Å². The lowest BCUT2D eigenvalue weighted by Gasteiger charge is -2.58. The van der Waals surface area contributed by atoms with Crippen LogP contribution in [0.25, 0.3) is 0 Å². The van der Waals surface area contributed by atoms with Gasteiger partial charge in [-0.1, -0.05) is 6.92 Å². The summed E-state index contributed by atoms with van der Waals surface area (Å²) in [4.78, 5) is 24.0. The minimum Gasteiger partial charge on any atom is -0.465 e. The molecule has 1 saturated carbocycles. The largest absolute Gasteiger partial charge is 0.465 e. The zero-order chi connectivity index (χ0) is 17.5. The molecule has 2 heterocycles. The molecule has 2 aliphatic carbocycles. The summed E-state index contributed by atoms with van der Waals surface area (Å²) in [6.07, 6.45) is -1.30. The second-order valence-electron chi connectivity index (χ2n) is 7.70. The van der Waals surface area contributed by atoms with Gasteiger partial charge in [0.1, 0.15) is 24.4 Å². The Balaban J connectivity index is 1.89. The summed E-state index contributed by atoms with van der Waals surface area (Å²) in [5, 5.41) is 21.4. The Morgan fingerprint density at radius 2 is 2.12 bits per heavy atom. The monoisotopic (exact) mass is 338 g/mol. The number of hydrogen-bond donors (Lipinski definition) is 2. The van der Waals surface area contributed by atoms with Gasteiger partial charge in [-0.15, -0.1) is 0 Å². The first-order valence-corrected chi connectivity index (χ1v) is 8.21. The lowest BCUT2D eigenvalue weighted by molar-refractivity contribution is -0.247. The first kappa shape index (κ1) is 16.2. The first-order chi connectivity index (χ1) is 11.2. The molecule has 0 radical (unpaired) electrons. The van der Waals surface area contributed by atoms with Crippen molar-refractivity contribution in [3.05, 3.63) is 11.6 Å². The lowest BCUT2D eigenvalue weighted by atomic mass is 9.50. The molecule has 0 aromatic carbocycles. The van der Waals surface area contributed by atoms with Gasteiger partial charge < -0.3 is 24.4 Å². The van der Waals surface area contributed by atoms with Crippen molar-refractivity contribution in [1.29, 1.82) is 0 Å². The zero-order valence-electron chi connectivity index (χ0n) is 13.9. The first-order valence-electron chi connectivity index (χ1n) is 8.21. The highest BCUT2D eigenvalue weighted by atomic mass is 16.6. The number of fused-ring (bicyclic) bond motifs is 2. The Kier molecular flexibility index (Phi) is 3.15. The van der Waals surface area contributed by atoms with Crippen molar-refractivity contribution < 1.29 is 34.0 Å². The average Bonchev–Trinajstić information content (AvgIpc) is 3.27. The third-order valence-corrected chi connectivity index (χ3v) is 6.68. The Labute approximate surface area is 139 Å². The van der Waals surface area contributed by atoms with Crippen LogP contribution < -0.4 is 0 Å². The molecule has 0 aromatic heterocycles. The Hall–Kier alpha value is -1.28. The van der Waals surface area contributed by atoms with E-state index in [1.54, 1.807) is 13.0 Å². The van der Waals surface area contributed by atoms with Crippen molar-refractivity contribution in [3.8, 4) is 0 Å². The lowest BCUT2D eigenvalue weighted by Crippen LogP contribution is -2.70. The van der Waals surface area contributed by atoms with Crippen LogP contribution in [-0.4, -0.2) is 65.2 Å². The second-order valence-corrected chi connectivity index (χ2v) is 7.70. The minimum atomic E-state index is -1.39. The molecule has 0 aromatic rings. The molecule has 4 aliphatic rings. The van der Waals surface area contributed by atoms with Gasteiger partial charge >= 0.3 is 5.97 Å². The summed E-state index contributed by atoms with van der Waals surface area (Å²) < 4.78 is 17.1. The third-order valence-electron chi connectivity index (χ3n) is 6.68. The van der Waals surface area contributed by atoms with E-state index in [4.69, 9.17) is 14.2 Å². The van der Waals surface area contributed by atoms with Crippen LogP contribution in [0.4, 0.5) is 0 Å². The van der Waals surface area contributed by atoms with E-state index in [0.717, 1.165) is 0 Å². The maximum atomic E-state index is 12.5. The fourth-order valence-corrected chi connectivity index (χ4v) is 5.21. The van der Waals surface area contributed by atoms with Crippen molar-refractivity contribution in [2.45, 2.75) is 57.2 Å². The molecule has 24 heavy (non-hydrogen) atoms. The van der Waals surface area contributed by atoms with Crippen molar-refractivity contribution in [3.63, 3.8) is 0 Å². The van der Waals surface area contributed by atoms with Crippen LogP contribution in [0.1, 0.15) is 27.2 Å². The molecular weight excluding hydrogens is 316 g/mol. The van der Waals surface area contributed by atoms with E-state index in [2.05, 4.69) is 0 Å². The van der Waals surface area contributed by atoms with E-state index in [-0.39, 0.29) is 6.61 Å². The van der Waals surface area contributed by atoms with Crippen molar-refractivity contribution in [2.75, 3.05) is 13.2 Å².